The van der Waals surface area contributed by atoms with Crippen LogP contribution in [0.2, 0.25) is 78.6 Å². The van der Waals surface area contributed by atoms with E-state index in [0.717, 1.165) is 0 Å². The highest BCUT2D eigenvalue weighted by molar-refractivity contribution is 6.71. The Kier molecular flexibility index (Phi) is 8.15. The maximum atomic E-state index is 6.56. The van der Waals surface area contributed by atoms with Gasteiger partial charge in [0, 0.05) is 0 Å². The molecule has 0 aromatic heterocycles. The summed E-state index contributed by atoms with van der Waals surface area (Å²) in [6.07, 6.45) is -0.831. The summed E-state index contributed by atoms with van der Waals surface area (Å²) in [4.78, 5) is 0. The third-order valence-corrected chi connectivity index (χ3v) is 7.33. The van der Waals surface area contributed by atoms with Crippen LogP contribution < -0.4 is 0 Å². The molecule has 1 fully saturated rings. The van der Waals surface area contributed by atoms with E-state index in [-0.39, 0.29) is 24.6 Å². The standard InChI is InChI=1S/C17H42O5Si4/c1-23(2,3)18-13-14-15(20-24(4,5)6)16(21-25(7,8)9)17(19-14)22-26(10,11)12/h14-17H,13H2,1-12H3/t14-,15+,16+,17?/m1/s1. The smallest absolute Gasteiger partial charge is 0.187 e. The third kappa shape index (κ3) is 9.74. The fraction of sp³-hybridized carbons (Fsp3) is 1.00. The second kappa shape index (κ2) is 8.58. The zero-order valence-corrected chi connectivity index (χ0v) is 23.1. The number of hydrogen-bond acceptors (Lipinski definition) is 5. The largest absolute Gasteiger partial charge is 0.415 e. The normalized spacial score (nSPS) is 28.6. The lowest BCUT2D eigenvalue weighted by atomic mass is 10.1. The molecule has 0 aliphatic carbocycles. The van der Waals surface area contributed by atoms with Gasteiger partial charge in [-0.3, -0.25) is 0 Å². The molecular weight excluding hydrogens is 397 g/mol. The fourth-order valence-corrected chi connectivity index (χ4v) is 6.40. The van der Waals surface area contributed by atoms with Crippen LogP contribution in [-0.4, -0.2) is 64.5 Å². The second-order valence-corrected chi connectivity index (χ2v) is 29.0. The van der Waals surface area contributed by atoms with Crippen molar-refractivity contribution in [1.29, 1.82) is 0 Å². The van der Waals surface area contributed by atoms with Gasteiger partial charge >= 0.3 is 0 Å². The Morgan fingerprint density at radius 1 is 0.577 bits per heavy atom. The summed E-state index contributed by atoms with van der Waals surface area (Å²) in [7, 11) is -6.99. The van der Waals surface area contributed by atoms with Gasteiger partial charge < -0.3 is 22.4 Å². The Bertz CT molecular complexity index is 448. The second-order valence-electron chi connectivity index (χ2n) is 11.1. The first kappa shape index (κ1) is 24.7. The van der Waals surface area contributed by atoms with Crippen LogP contribution in [0.3, 0.4) is 0 Å². The maximum Gasteiger partial charge on any atom is 0.187 e. The van der Waals surface area contributed by atoms with Crippen molar-refractivity contribution in [2.45, 2.75) is 103 Å². The van der Waals surface area contributed by atoms with Gasteiger partial charge in [-0.2, -0.15) is 0 Å². The van der Waals surface area contributed by atoms with Crippen molar-refractivity contribution >= 4 is 33.3 Å². The molecule has 5 nitrogen and oxygen atoms in total. The molecule has 1 aliphatic rings. The SMILES string of the molecule is C[Si](C)(C)OC[C@H]1OC(O[Si](C)(C)C)[C@@H](O[Si](C)(C)C)[C@H]1O[Si](C)(C)C. The third-order valence-electron chi connectivity index (χ3n) is 3.40. The highest BCUT2D eigenvalue weighted by Crippen LogP contribution is 2.33. The summed E-state index contributed by atoms with van der Waals surface area (Å²) in [6.45, 7) is 26.9. The van der Waals surface area contributed by atoms with Crippen molar-refractivity contribution < 1.29 is 22.4 Å². The van der Waals surface area contributed by atoms with Crippen LogP contribution in [0.4, 0.5) is 0 Å². The lowest BCUT2D eigenvalue weighted by Gasteiger charge is -2.35. The summed E-state index contributed by atoms with van der Waals surface area (Å²) in [5, 5.41) is 0. The average molecular weight is 439 g/mol. The molecule has 0 bridgehead atoms. The van der Waals surface area contributed by atoms with E-state index in [0.29, 0.717) is 6.61 Å². The minimum Gasteiger partial charge on any atom is -0.415 e. The van der Waals surface area contributed by atoms with E-state index in [9.17, 15) is 0 Å². The molecular formula is C17H42O5Si4. The molecule has 1 heterocycles. The van der Waals surface area contributed by atoms with Gasteiger partial charge in [0.2, 0.25) is 0 Å². The van der Waals surface area contributed by atoms with Gasteiger partial charge in [0.15, 0.2) is 39.6 Å². The Hall–Kier alpha value is 0.668. The molecule has 0 radical (unpaired) electrons. The van der Waals surface area contributed by atoms with Crippen LogP contribution in [0.1, 0.15) is 0 Å². The molecule has 0 saturated carbocycles. The fourth-order valence-electron chi connectivity index (χ4n) is 2.69. The summed E-state index contributed by atoms with van der Waals surface area (Å²) >= 11 is 0. The van der Waals surface area contributed by atoms with Gasteiger partial charge in [0.25, 0.3) is 0 Å². The zero-order chi connectivity index (χ0) is 20.6. The average Bonchev–Trinajstić information content (AvgIpc) is 2.59. The molecule has 0 spiro atoms. The predicted molar refractivity (Wildman–Crippen MR) is 119 cm³/mol. The van der Waals surface area contributed by atoms with E-state index >= 15 is 0 Å². The van der Waals surface area contributed by atoms with Crippen molar-refractivity contribution in [1.82, 2.24) is 0 Å². The van der Waals surface area contributed by atoms with E-state index in [1.807, 2.05) is 0 Å². The van der Waals surface area contributed by atoms with Crippen molar-refractivity contribution in [2.75, 3.05) is 6.61 Å². The minimum absolute atomic E-state index is 0.133. The number of rotatable bonds is 9. The van der Waals surface area contributed by atoms with Crippen LogP contribution in [0.5, 0.6) is 0 Å². The summed E-state index contributed by atoms with van der Waals surface area (Å²) in [5.74, 6) is 0. The first-order chi connectivity index (χ1) is 11.4. The highest BCUT2D eigenvalue weighted by Gasteiger charge is 2.51. The van der Waals surface area contributed by atoms with Crippen LogP contribution in [-0.2, 0) is 22.4 Å². The quantitative estimate of drug-likeness (QED) is 0.481. The molecule has 0 amide bonds. The molecule has 0 N–H and O–H groups in total. The minimum atomic E-state index is -1.79. The molecule has 1 unspecified atom stereocenters. The van der Waals surface area contributed by atoms with Crippen molar-refractivity contribution in [3.63, 3.8) is 0 Å². The molecule has 4 atom stereocenters. The molecule has 9 heteroatoms. The van der Waals surface area contributed by atoms with Gasteiger partial charge in [-0.1, -0.05) is 0 Å². The Labute approximate surface area is 165 Å². The van der Waals surface area contributed by atoms with Gasteiger partial charge in [-0.15, -0.1) is 0 Å². The summed E-state index contributed by atoms with van der Waals surface area (Å²) in [6, 6.07) is 0. The van der Waals surface area contributed by atoms with Crippen LogP contribution in [0.15, 0.2) is 0 Å². The monoisotopic (exact) mass is 438 g/mol. The topological polar surface area (TPSA) is 46.2 Å². The van der Waals surface area contributed by atoms with Crippen molar-refractivity contribution in [3.05, 3.63) is 0 Å². The molecule has 1 rings (SSSR count). The lowest BCUT2D eigenvalue weighted by Crippen LogP contribution is -2.50. The van der Waals surface area contributed by atoms with E-state index in [1.54, 1.807) is 0 Å². The Balaban J connectivity index is 3.10. The molecule has 1 aliphatic heterocycles. The first-order valence-electron chi connectivity index (χ1n) is 9.69. The van der Waals surface area contributed by atoms with Gasteiger partial charge in [0.05, 0.1) is 6.61 Å². The molecule has 26 heavy (non-hydrogen) atoms. The molecule has 1 saturated heterocycles. The Morgan fingerprint density at radius 2 is 1.00 bits per heavy atom. The van der Waals surface area contributed by atoms with Crippen LogP contribution >= 0.6 is 0 Å². The molecule has 156 valence electrons. The highest BCUT2D eigenvalue weighted by atomic mass is 28.4. The van der Waals surface area contributed by atoms with Crippen molar-refractivity contribution in [3.8, 4) is 0 Å². The summed E-state index contributed by atoms with van der Waals surface area (Å²) in [5.41, 5.74) is 0. The summed E-state index contributed by atoms with van der Waals surface area (Å²) < 4.78 is 32.0. The van der Waals surface area contributed by atoms with E-state index in [2.05, 4.69) is 78.6 Å². The number of ether oxygens (including phenoxy) is 1. The Morgan fingerprint density at radius 3 is 1.38 bits per heavy atom. The van der Waals surface area contributed by atoms with Crippen LogP contribution in [0.25, 0.3) is 0 Å². The van der Waals surface area contributed by atoms with E-state index in [4.69, 9.17) is 22.4 Å². The lowest BCUT2D eigenvalue weighted by molar-refractivity contribution is -0.116. The van der Waals surface area contributed by atoms with Crippen LogP contribution in [0, 0.1) is 0 Å². The van der Waals surface area contributed by atoms with Gasteiger partial charge in [-0.25, -0.2) is 0 Å². The zero-order valence-electron chi connectivity index (χ0n) is 19.1. The van der Waals surface area contributed by atoms with E-state index in [1.165, 1.54) is 0 Å². The predicted octanol–water partition coefficient (Wildman–Crippen LogP) is 4.85. The van der Waals surface area contributed by atoms with Gasteiger partial charge in [0.1, 0.15) is 18.3 Å². The molecule has 0 aromatic carbocycles. The molecule has 0 aromatic rings. The van der Waals surface area contributed by atoms with Gasteiger partial charge in [-0.05, 0) is 78.6 Å². The first-order valence-corrected chi connectivity index (χ1v) is 23.3. The maximum absolute atomic E-state index is 6.56. The number of hydrogen-bond donors (Lipinski definition) is 0. The van der Waals surface area contributed by atoms with E-state index < -0.39 is 33.3 Å². The van der Waals surface area contributed by atoms with Crippen molar-refractivity contribution in [2.24, 2.45) is 0 Å².